The third kappa shape index (κ3) is 1.85. The molecule has 1 heterocycles. The molecule has 0 radical (unpaired) electrons. The Kier molecular flexibility index (Phi) is 3.06. The molecule has 2 unspecified atom stereocenters. The monoisotopic (exact) mass is 199 g/mol. The number of nitrogens with zero attached hydrogens (tertiary/aromatic N) is 1. The van der Waals surface area contributed by atoms with E-state index in [4.69, 9.17) is 0 Å². The summed E-state index contributed by atoms with van der Waals surface area (Å²) in [5, 5.41) is 0.586. The van der Waals surface area contributed by atoms with Crippen molar-refractivity contribution in [1.82, 2.24) is 4.90 Å². The Morgan fingerprint density at radius 2 is 1.13 bits per heavy atom. The maximum Gasteiger partial charge on any atom is 0.116 e. The van der Waals surface area contributed by atoms with E-state index in [2.05, 4.69) is 72.7 Å². The van der Waals surface area contributed by atoms with Crippen LogP contribution in [0.5, 0.6) is 0 Å². The van der Waals surface area contributed by atoms with Crippen molar-refractivity contribution in [2.24, 2.45) is 0 Å². The van der Waals surface area contributed by atoms with Gasteiger partial charge in [0, 0.05) is 5.54 Å². The summed E-state index contributed by atoms with van der Waals surface area (Å²) < 4.78 is 0. The first-order chi connectivity index (χ1) is 6.43. The lowest BCUT2D eigenvalue weighted by Crippen LogP contribution is -2.64. The van der Waals surface area contributed by atoms with Gasteiger partial charge in [0.05, 0.1) is 0 Å². The highest BCUT2D eigenvalue weighted by Crippen LogP contribution is 2.51. The molecule has 1 aliphatic heterocycles. The molecule has 1 rings (SSSR count). The second kappa shape index (κ2) is 3.42. The molecule has 0 amide bonds. The molecule has 2 atom stereocenters. The molecule has 0 aromatic heterocycles. The van der Waals surface area contributed by atoms with Gasteiger partial charge < -0.3 is 4.90 Å². The highest BCUT2D eigenvalue weighted by atomic mass is 15.3. The Labute approximate surface area is 101 Å². The largest absolute Gasteiger partial charge is 0.319 e. The van der Waals surface area contributed by atoms with Gasteiger partial charge in [0.25, 0.3) is 0 Å². The molecule has 0 saturated carbocycles. The molecular weight excluding hydrogens is 175 g/mol. The number of likely N-dealkylation sites (tertiary alicyclic amines) is 1. The van der Waals surface area contributed by atoms with Crippen LogP contribution in [0, 0.1) is 0 Å². The summed E-state index contributed by atoms with van der Waals surface area (Å²) in [5.41, 5.74) is 0.242. The lowest BCUT2D eigenvalue weighted by molar-refractivity contribution is 0.105. The van der Waals surface area contributed by atoms with Crippen molar-refractivity contribution in [2.45, 2.75) is 48.6 Å². The first kappa shape index (κ1) is 13.4. The zero-order chi connectivity index (χ0) is 12.2. The van der Waals surface area contributed by atoms with E-state index in [0.717, 1.165) is 11.6 Å². The Balaban J connectivity index is 3.24. The molecule has 7 heteroatoms. The van der Waals surface area contributed by atoms with Crippen molar-refractivity contribution < 1.29 is 0 Å². The fraction of sp³-hybridized carbons (Fsp3) is 1.00. The molecular formula is C8H23B6N. The highest BCUT2D eigenvalue weighted by Gasteiger charge is 2.55. The lowest BCUT2D eigenvalue weighted by atomic mass is 9.42. The summed E-state index contributed by atoms with van der Waals surface area (Å²) in [6.45, 7) is 7.00. The van der Waals surface area contributed by atoms with Crippen LogP contribution in [-0.2, 0) is 0 Å². The minimum atomic E-state index is 0.242. The SMILES string of the molecule is BC1C(B)C(B)(B)N(C(C)(C)C)C1(B)B. The molecule has 0 spiro atoms. The van der Waals surface area contributed by atoms with E-state index in [0.29, 0.717) is 10.7 Å². The summed E-state index contributed by atoms with van der Waals surface area (Å²) in [6.07, 6.45) is 0. The van der Waals surface area contributed by atoms with Gasteiger partial charge in [-0.05, 0) is 31.4 Å². The Morgan fingerprint density at radius 1 is 0.867 bits per heavy atom. The van der Waals surface area contributed by atoms with Crippen molar-refractivity contribution in [2.75, 3.05) is 0 Å². The Bertz CT molecular complexity index is 238. The minimum absolute atomic E-state index is 0.242. The van der Waals surface area contributed by atoms with Crippen molar-refractivity contribution in [3.05, 3.63) is 0 Å². The summed E-state index contributed by atoms with van der Waals surface area (Å²) in [6, 6.07) is 0. The molecule has 0 aromatic rings. The molecule has 0 aliphatic carbocycles. The lowest BCUT2D eigenvalue weighted by Gasteiger charge is -2.52. The fourth-order valence-corrected chi connectivity index (χ4v) is 4.10. The molecule has 1 saturated heterocycles. The second-order valence-corrected chi connectivity index (χ2v) is 7.39. The number of hydrogen-bond donors (Lipinski definition) is 0. The maximum absolute atomic E-state index is 2.71. The Hall–Kier alpha value is 0.350. The fourth-order valence-electron chi connectivity index (χ4n) is 4.10. The summed E-state index contributed by atoms with van der Waals surface area (Å²) in [4.78, 5) is 2.71. The van der Waals surface area contributed by atoms with Gasteiger partial charge in [-0.2, -0.15) is 0 Å². The molecule has 78 valence electrons. The normalized spacial score (nSPS) is 35.4. The van der Waals surface area contributed by atoms with Crippen molar-refractivity contribution in [3.63, 3.8) is 0 Å². The molecule has 0 bridgehead atoms. The van der Waals surface area contributed by atoms with Gasteiger partial charge in [-0.1, -0.05) is 11.6 Å². The first-order valence-corrected chi connectivity index (χ1v) is 6.24. The van der Waals surface area contributed by atoms with E-state index in [1.165, 1.54) is 0 Å². The molecule has 1 fully saturated rings. The standard InChI is InChI=1S/C8H23B6N/c1-6(2,3)15-7(11,12)4(9)5(10)8(15,13)14/h4-5H,9-14H2,1-3H3. The van der Waals surface area contributed by atoms with Crippen LogP contribution in [0.1, 0.15) is 20.8 Å². The number of rotatable bonds is 0. The summed E-state index contributed by atoms with van der Waals surface area (Å²) in [5.74, 6) is 1.48. The van der Waals surface area contributed by atoms with E-state index < -0.39 is 0 Å². The molecule has 1 aliphatic rings. The van der Waals surface area contributed by atoms with Gasteiger partial charge in [-0.25, -0.2) is 0 Å². The first-order valence-electron chi connectivity index (χ1n) is 6.24. The highest BCUT2D eigenvalue weighted by molar-refractivity contribution is 6.52. The second-order valence-electron chi connectivity index (χ2n) is 7.39. The van der Waals surface area contributed by atoms with E-state index in [1.54, 1.807) is 0 Å². The average Bonchev–Trinajstić information content (AvgIpc) is 2.06. The van der Waals surface area contributed by atoms with E-state index >= 15 is 0 Å². The van der Waals surface area contributed by atoms with E-state index in [9.17, 15) is 0 Å². The van der Waals surface area contributed by atoms with Crippen LogP contribution in [0.2, 0.25) is 11.6 Å². The zero-order valence-corrected chi connectivity index (χ0v) is 12.1. The number of hydrogen-bond acceptors (Lipinski definition) is 1. The Morgan fingerprint density at radius 3 is 1.27 bits per heavy atom. The zero-order valence-electron chi connectivity index (χ0n) is 12.1. The molecule has 15 heavy (non-hydrogen) atoms. The molecule has 1 nitrogen and oxygen atoms in total. The van der Waals surface area contributed by atoms with Crippen LogP contribution in [0.15, 0.2) is 0 Å². The van der Waals surface area contributed by atoms with Gasteiger partial charge in [-0.3, -0.25) is 0 Å². The van der Waals surface area contributed by atoms with Gasteiger partial charge in [0.2, 0.25) is 0 Å². The predicted octanol–water partition coefficient (Wildman–Crippen LogP) is -4.22. The van der Waals surface area contributed by atoms with Crippen molar-refractivity contribution in [3.8, 4) is 0 Å². The molecule has 0 N–H and O–H groups in total. The third-order valence-corrected chi connectivity index (χ3v) is 4.80. The van der Waals surface area contributed by atoms with Crippen molar-refractivity contribution in [1.29, 1.82) is 0 Å². The minimum Gasteiger partial charge on any atom is -0.319 e. The van der Waals surface area contributed by atoms with E-state index in [1.807, 2.05) is 0 Å². The maximum atomic E-state index is 2.71. The van der Waals surface area contributed by atoms with Crippen LogP contribution in [-0.4, -0.2) is 68.2 Å². The smallest absolute Gasteiger partial charge is 0.116 e. The summed E-state index contributed by atoms with van der Waals surface area (Å²) >= 11 is 0. The predicted molar refractivity (Wildman–Crippen MR) is 85.8 cm³/mol. The average molecular weight is 198 g/mol. The van der Waals surface area contributed by atoms with Crippen LogP contribution < -0.4 is 0 Å². The quantitative estimate of drug-likeness (QED) is 0.357. The van der Waals surface area contributed by atoms with Crippen LogP contribution in [0.3, 0.4) is 0 Å². The van der Waals surface area contributed by atoms with Crippen LogP contribution in [0.4, 0.5) is 0 Å². The summed E-state index contributed by atoms with van der Waals surface area (Å²) in [7, 11) is 14.4. The van der Waals surface area contributed by atoms with Crippen LogP contribution in [0.25, 0.3) is 0 Å². The topological polar surface area (TPSA) is 3.24 Å². The van der Waals surface area contributed by atoms with Gasteiger partial charge in [0.15, 0.2) is 0 Å². The van der Waals surface area contributed by atoms with Gasteiger partial charge in [-0.15, -0.1) is 0 Å². The van der Waals surface area contributed by atoms with Gasteiger partial charge >= 0.3 is 0 Å². The van der Waals surface area contributed by atoms with Crippen molar-refractivity contribution >= 4 is 47.1 Å². The van der Waals surface area contributed by atoms with Crippen LogP contribution >= 0.6 is 0 Å². The van der Waals surface area contributed by atoms with Gasteiger partial charge in [0.1, 0.15) is 47.1 Å². The van der Waals surface area contributed by atoms with E-state index in [-0.39, 0.29) is 5.54 Å². The third-order valence-electron chi connectivity index (χ3n) is 4.80. The molecule has 0 aromatic carbocycles.